The number of likely N-dealkylation sites (tertiary alicyclic amines) is 1. The molecule has 7 nitrogen and oxygen atoms in total. The van der Waals surface area contributed by atoms with Crippen LogP contribution in [-0.2, 0) is 4.79 Å². The van der Waals surface area contributed by atoms with Crippen molar-refractivity contribution in [3.63, 3.8) is 0 Å². The molecule has 7 heteroatoms. The van der Waals surface area contributed by atoms with Crippen molar-refractivity contribution in [2.45, 2.75) is 25.8 Å². The number of piperidine rings is 1. The first-order valence-electron chi connectivity index (χ1n) is 7.31. The van der Waals surface area contributed by atoms with Crippen LogP contribution in [0.4, 0.5) is 0 Å². The van der Waals surface area contributed by atoms with Gasteiger partial charge in [0.05, 0.1) is 11.0 Å². The highest BCUT2D eigenvalue weighted by Gasteiger charge is 2.22. The van der Waals surface area contributed by atoms with Crippen LogP contribution in [0.25, 0.3) is 11.0 Å². The van der Waals surface area contributed by atoms with E-state index in [-0.39, 0.29) is 23.5 Å². The minimum Gasteiger partial charge on any atom is -0.349 e. The van der Waals surface area contributed by atoms with E-state index >= 15 is 0 Å². The molecule has 0 atom stereocenters. The number of hydrogen-bond donors (Lipinski definition) is 3. The third-order valence-corrected chi connectivity index (χ3v) is 4.05. The molecule has 3 rings (SSSR count). The Labute approximate surface area is 126 Å². The van der Waals surface area contributed by atoms with Crippen LogP contribution in [0.3, 0.4) is 0 Å². The average Bonchev–Trinajstić information content (AvgIpc) is 2.86. The van der Waals surface area contributed by atoms with Crippen LogP contribution in [0.2, 0.25) is 0 Å². The Kier molecular flexibility index (Phi) is 3.70. The summed E-state index contributed by atoms with van der Waals surface area (Å²) in [6.07, 6.45) is 1.52. The van der Waals surface area contributed by atoms with E-state index in [9.17, 15) is 14.4 Å². The second kappa shape index (κ2) is 5.67. The van der Waals surface area contributed by atoms with E-state index in [1.54, 1.807) is 30.0 Å². The Hall–Kier alpha value is -2.57. The molecule has 2 amide bonds. The number of carbonyl (C=O) groups excluding carboxylic acids is 2. The lowest BCUT2D eigenvalue weighted by Gasteiger charge is -2.31. The van der Waals surface area contributed by atoms with E-state index in [1.165, 1.54) is 0 Å². The number of amides is 2. The lowest BCUT2D eigenvalue weighted by molar-refractivity contribution is -0.129. The molecule has 0 unspecified atom stereocenters. The van der Waals surface area contributed by atoms with Crippen LogP contribution in [0, 0.1) is 0 Å². The van der Waals surface area contributed by atoms with Crippen molar-refractivity contribution in [1.82, 2.24) is 20.2 Å². The number of benzene rings is 1. The van der Waals surface area contributed by atoms with Gasteiger partial charge in [0, 0.05) is 31.6 Å². The molecule has 2 aromatic rings. The molecular formula is C15H18N4O3. The van der Waals surface area contributed by atoms with E-state index in [2.05, 4.69) is 15.3 Å². The zero-order chi connectivity index (χ0) is 15.7. The highest BCUT2D eigenvalue weighted by atomic mass is 16.2. The van der Waals surface area contributed by atoms with E-state index < -0.39 is 0 Å². The molecule has 1 aliphatic heterocycles. The van der Waals surface area contributed by atoms with Gasteiger partial charge in [0.25, 0.3) is 5.91 Å². The highest BCUT2D eigenvalue weighted by Crippen LogP contribution is 2.13. The lowest BCUT2D eigenvalue weighted by atomic mass is 10.0. The van der Waals surface area contributed by atoms with Gasteiger partial charge >= 0.3 is 5.69 Å². The number of nitrogens with zero attached hydrogens (tertiary/aromatic N) is 1. The topological polar surface area (TPSA) is 98.1 Å². The first-order valence-corrected chi connectivity index (χ1v) is 7.31. The molecule has 1 aromatic carbocycles. The molecule has 0 bridgehead atoms. The molecule has 1 aromatic heterocycles. The summed E-state index contributed by atoms with van der Waals surface area (Å²) in [7, 11) is 0. The van der Waals surface area contributed by atoms with E-state index in [4.69, 9.17) is 0 Å². The molecule has 1 saturated heterocycles. The summed E-state index contributed by atoms with van der Waals surface area (Å²) in [6, 6.07) is 5.13. The smallest absolute Gasteiger partial charge is 0.323 e. The summed E-state index contributed by atoms with van der Waals surface area (Å²) >= 11 is 0. The quantitative estimate of drug-likeness (QED) is 0.757. The molecule has 1 fully saturated rings. The molecular weight excluding hydrogens is 284 g/mol. The first kappa shape index (κ1) is 14.4. The molecule has 0 saturated carbocycles. The minimum absolute atomic E-state index is 0.0732. The monoisotopic (exact) mass is 302 g/mol. The summed E-state index contributed by atoms with van der Waals surface area (Å²) in [6.45, 7) is 2.90. The summed E-state index contributed by atoms with van der Waals surface area (Å²) in [5, 5.41) is 2.99. The van der Waals surface area contributed by atoms with Crippen LogP contribution >= 0.6 is 0 Å². The van der Waals surface area contributed by atoms with Gasteiger partial charge in [-0.3, -0.25) is 9.59 Å². The lowest BCUT2D eigenvalue weighted by Crippen LogP contribution is -2.45. The van der Waals surface area contributed by atoms with Crippen molar-refractivity contribution in [1.29, 1.82) is 0 Å². The summed E-state index contributed by atoms with van der Waals surface area (Å²) < 4.78 is 0. The number of aromatic amines is 2. The number of carbonyl (C=O) groups is 2. The highest BCUT2D eigenvalue weighted by molar-refractivity contribution is 5.97. The Morgan fingerprint density at radius 3 is 2.55 bits per heavy atom. The van der Waals surface area contributed by atoms with Crippen LogP contribution in [0.1, 0.15) is 30.1 Å². The average molecular weight is 302 g/mol. The summed E-state index contributed by atoms with van der Waals surface area (Å²) in [5.74, 6) is -0.0862. The van der Waals surface area contributed by atoms with E-state index in [0.717, 1.165) is 12.8 Å². The zero-order valence-corrected chi connectivity index (χ0v) is 12.3. The second-order valence-electron chi connectivity index (χ2n) is 5.59. The van der Waals surface area contributed by atoms with Crippen molar-refractivity contribution < 1.29 is 9.59 Å². The van der Waals surface area contributed by atoms with Gasteiger partial charge in [0.15, 0.2) is 0 Å². The molecule has 0 aliphatic carbocycles. The zero-order valence-electron chi connectivity index (χ0n) is 12.3. The molecule has 0 spiro atoms. The van der Waals surface area contributed by atoms with Crippen molar-refractivity contribution in [2.75, 3.05) is 13.1 Å². The number of hydrogen-bond acceptors (Lipinski definition) is 3. The molecule has 22 heavy (non-hydrogen) atoms. The van der Waals surface area contributed by atoms with Crippen LogP contribution < -0.4 is 11.0 Å². The van der Waals surface area contributed by atoms with E-state index in [0.29, 0.717) is 29.7 Å². The number of rotatable bonds is 2. The third-order valence-electron chi connectivity index (χ3n) is 4.05. The fraction of sp³-hybridized carbons (Fsp3) is 0.400. The fourth-order valence-corrected chi connectivity index (χ4v) is 2.78. The minimum atomic E-state index is -0.288. The van der Waals surface area contributed by atoms with Crippen molar-refractivity contribution in [3.8, 4) is 0 Å². The predicted octanol–water partition coefficient (Wildman–Crippen LogP) is 0.597. The van der Waals surface area contributed by atoms with Gasteiger partial charge in [-0.15, -0.1) is 0 Å². The van der Waals surface area contributed by atoms with Gasteiger partial charge in [-0.25, -0.2) is 4.79 Å². The predicted molar refractivity (Wildman–Crippen MR) is 81.7 cm³/mol. The summed E-state index contributed by atoms with van der Waals surface area (Å²) in [4.78, 5) is 41.9. The number of H-pyrrole nitrogens is 2. The maximum atomic E-state index is 12.3. The largest absolute Gasteiger partial charge is 0.349 e. The van der Waals surface area contributed by atoms with Gasteiger partial charge < -0.3 is 20.2 Å². The van der Waals surface area contributed by atoms with Gasteiger partial charge in [-0.1, -0.05) is 0 Å². The van der Waals surface area contributed by atoms with Gasteiger partial charge in [-0.2, -0.15) is 0 Å². The first-order chi connectivity index (χ1) is 10.5. The summed E-state index contributed by atoms with van der Waals surface area (Å²) in [5.41, 5.74) is 1.52. The second-order valence-corrected chi connectivity index (χ2v) is 5.59. The Morgan fingerprint density at radius 2 is 1.86 bits per heavy atom. The maximum Gasteiger partial charge on any atom is 0.323 e. The van der Waals surface area contributed by atoms with Crippen molar-refractivity contribution >= 4 is 22.8 Å². The molecule has 2 heterocycles. The van der Waals surface area contributed by atoms with Crippen LogP contribution in [-0.4, -0.2) is 45.8 Å². The molecule has 3 N–H and O–H groups in total. The van der Waals surface area contributed by atoms with Crippen molar-refractivity contribution in [2.24, 2.45) is 0 Å². The standard InChI is InChI=1S/C15H18N4O3/c1-9(20)19-6-4-11(5-7-19)16-14(21)10-2-3-12-13(8-10)18-15(22)17-12/h2-3,8,11H,4-7H2,1H3,(H,16,21)(H2,17,18,22). The number of imidazole rings is 1. The molecule has 116 valence electrons. The number of aromatic nitrogens is 2. The maximum absolute atomic E-state index is 12.3. The Bertz CT molecular complexity index is 768. The van der Waals surface area contributed by atoms with Gasteiger partial charge in [0.1, 0.15) is 0 Å². The molecule has 0 radical (unpaired) electrons. The van der Waals surface area contributed by atoms with E-state index in [1.807, 2.05) is 0 Å². The van der Waals surface area contributed by atoms with Gasteiger partial charge in [-0.05, 0) is 31.0 Å². The van der Waals surface area contributed by atoms with Gasteiger partial charge in [0.2, 0.25) is 5.91 Å². The fourth-order valence-electron chi connectivity index (χ4n) is 2.78. The normalized spacial score (nSPS) is 16.0. The SMILES string of the molecule is CC(=O)N1CCC(NC(=O)c2ccc3[nH]c(=O)[nH]c3c2)CC1. The number of fused-ring (bicyclic) bond motifs is 1. The number of nitrogens with one attached hydrogen (secondary N) is 3. The third kappa shape index (κ3) is 2.88. The Balaban J connectivity index is 1.66. The van der Waals surface area contributed by atoms with Crippen molar-refractivity contribution in [3.05, 3.63) is 34.2 Å². The van der Waals surface area contributed by atoms with Crippen LogP contribution in [0.15, 0.2) is 23.0 Å². The molecule has 1 aliphatic rings. The van der Waals surface area contributed by atoms with Crippen LogP contribution in [0.5, 0.6) is 0 Å². The Morgan fingerprint density at radius 1 is 1.18 bits per heavy atom.